The number of tetrazole rings is 1. The lowest BCUT2D eigenvalue weighted by Gasteiger charge is -2.36. The van der Waals surface area contributed by atoms with Crippen molar-refractivity contribution in [3.63, 3.8) is 0 Å². The Balaban J connectivity index is 1.19. The van der Waals surface area contributed by atoms with Gasteiger partial charge in [0.15, 0.2) is 17.3 Å². The van der Waals surface area contributed by atoms with Crippen LogP contribution in [-0.2, 0) is 12.0 Å². The summed E-state index contributed by atoms with van der Waals surface area (Å²) in [7, 11) is 0. The van der Waals surface area contributed by atoms with Gasteiger partial charge in [-0.05, 0) is 65.6 Å². The van der Waals surface area contributed by atoms with Gasteiger partial charge in [-0.2, -0.15) is 0 Å². The first-order valence-corrected chi connectivity index (χ1v) is 17.6. The number of rotatable bonds is 11. The van der Waals surface area contributed by atoms with E-state index in [2.05, 4.69) is 62.4 Å². The molecule has 4 aromatic carbocycles. The summed E-state index contributed by atoms with van der Waals surface area (Å²) < 4.78 is 9.04. The lowest BCUT2D eigenvalue weighted by molar-refractivity contribution is 0.393. The minimum atomic E-state index is -0.869. The molecule has 1 N–H and O–H groups in total. The van der Waals surface area contributed by atoms with Crippen molar-refractivity contribution in [2.75, 3.05) is 11.9 Å². The molecule has 0 saturated heterocycles. The lowest BCUT2D eigenvalue weighted by atomic mass is 9.77. The van der Waals surface area contributed by atoms with E-state index in [9.17, 15) is 4.79 Å². The van der Waals surface area contributed by atoms with Crippen LogP contribution in [-0.4, -0.2) is 46.4 Å². The number of pyridine rings is 1. The largest absolute Gasteiger partial charge is 0.365 e. The van der Waals surface area contributed by atoms with Crippen LogP contribution in [0.1, 0.15) is 52.5 Å². The molecule has 53 heavy (non-hydrogen) atoms. The number of aromatic nitrogens is 8. The Morgan fingerprint density at radius 1 is 0.755 bits per heavy atom. The highest BCUT2D eigenvalue weighted by Crippen LogP contribution is 2.40. The smallest absolute Gasteiger partial charge is 0.295 e. The van der Waals surface area contributed by atoms with Crippen LogP contribution in [0, 0.1) is 13.8 Å². The molecule has 0 aliphatic carbocycles. The van der Waals surface area contributed by atoms with Gasteiger partial charge in [-0.15, -0.1) is 5.10 Å². The van der Waals surface area contributed by atoms with Crippen molar-refractivity contribution in [1.29, 1.82) is 0 Å². The molecule has 0 radical (unpaired) electrons. The Hall–Kier alpha value is -6.75. The Kier molecular flexibility index (Phi) is 8.89. The van der Waals surface area contributed by atoms with Crippen molar-refractivity contribution in [3.05, 3.63) is 183 Å². The van der Waals surface area contributed by atoms with E-state index >= 15 is 0 Å². The zero-order valence-corrected chi connectivity index (χ0v) is 29.6. The van der Waals surface area contributed by atoms with Crippen LogP contribution in [0.3, 0.4) is 0 Å². The van der Waals surface area contributed by atoms with Crippen molar-refractivity contribution in [2.45, 2.75) is 38.8 Å². The van der Waals surface area contributed by atoms with Crippen LogP contribution >= 0.6 is 0 Å². The van der Waals surface area contributed by atoms with E-state index in [0.29, 0.717) is 41.4 Å². The number of benzene rings is 4. The summed E-state index contributed by atoms with van der Waals surface area (Å²) in [6.45, 7) is 6.07. The standard InChI is InChI=1S/C42H37N9O2/c1-28-38(30(3)53-47-28)35-24-25-36-40(45-35)50(29(2)31-16-8-4-9-17-31)41(52)39(44-36)43-27-26-37-46-48-49-51(37)42(32-18-10-5-11-19-32,33-20-12-6-13-21-33)34-22-14-7-15-23-34/h4-25,29H,26-27H2,1-3H3,(H,43,44). The molecule has 0 spiro atoms. The number of nitrogens with zero attached hydrogens (tertiary/aromatic N) is 8. The first-order chi connectivity index (χ1) is 26.0. The minimum Gasteiger partial charge on any atom is -0.365 e. The van der Waals surface area contributed by atoms with Gasteiger partial charge in [0.2, 0.25) is 0 Å². The van der Waals surface area contributed by atoms with Crippen LogP contribution in [0.15, 0.2) is 143 Å². The molecule has 262 valence electrons. The molecule has 11 heteroatoms. The van der Waals surface area contributed by atoms with E-state index in [0.717, 1.165) is 33.5 Å². The van der Waals surface area contributed by atoms with Crippen molar-refractivity contribution in [3.8, 4) is 11.3 Å². The average Bonchev–Trinajstić information content (AvgIpc) is 3.82. The maximum atomic E-state index is 14.4. The fraction of sp³-hybridized carbons (Fsp3) is 0.167. The molecule has 0 saturated carbocycles. The van der Waals surface area contributed by atoms with E-state index in [1.54, 1.807) is 4.57 Å². The third-order valence-corrected chi connectivity index (χ3v) is 9.76. The van der Waals surface area contributed by atoms with Crippen molar-refractivity contribution in [2.24, 2.45) is 0 Å². The molecule has 4 aromatic heterocycles. The number of hydrogen-bond donors (Lipinski definition) is 1. The normalized spacial score (nSPS) is 12.2. The van der Waals surface area contributed by atoms with E-state index in [4.69, 9.17) is 14.5 Å². The zero-order valence-electron chi connectivity index (χ0n) is 29.6. The summed E-state index contributed by atoms with van der Waals surface area (Å²) in [6, 6.07) is 44.1. The third-order valence-electron chi connectivity index (χ3n) is 9.76. The Bertz CT molecular complexity index is 2430. The van der Waals surface area contributed by atoms with Crippen LogP contribution in [0.25, 0.3) is 22.4 Å². The van der Waals surface area contributed by atoms with Gasteiger partial charge in [-0.3, -0.25) is 9.36 Å². The Morgan fingerprint density at radius 3 is 1.91 bits per heavy atom. The quantitative estimate of drug-likeness (QED) is 0.140. The highest BCUT2D eigenvalue weighted by atomic mass is 16.5. The molecule has 0 fully saturated rings. The van der Waals surface area contributed by atoms with E-state index in [-0.39, 0.29) is 17.4 Å². The fourth-order valence-corrected chi connectivity index (χ4v) is 7.25. The monoisotopic (exact) mass is 699 g/mol. The van der Waals surface area contributed by atoms with Crippen molar-refractivity contribution < 1.29 is 4.52 Å². The summed E-state index contributed by atoms with van der Waals surface area (Å²) in [5.41, 5.74) is 6.08. The zero-order chi connectivity index (χ0) is 36.4. The molecule has 8 rings (SSSR count). The van der Waals surface area contributed by atoms with Gasteiger partial charge in [0, 0.05) is 13.0 Å². The molecule has 11 nitrogen and oxygen atoms in total. The lowest BCUT2D eigenvalue weighted by Crippen LogP contribution is -2.40. The van der Waals surface area contributed by atoms with Crippen LogP contribution < -0.4 is 10.9 Å². The maximum absolute atomic E-state index is 14.4. The SMILES string of the molecule is Cc1noc(C)c1-c1ccc2nc(NCCc3nnnn3C(c3ccccc3)(c3ccccc3)c3ccccc3)c(=O)n(C(C)c3ccccc3)c2n1. The molecule has 0 bridgehead atoms. The van der Waals surface area contributed by atoms with Gasteiger partial charge in [0.05, 0.1) is 23.0 Å². The predicted octanol–water partition coefficient (Wildman–Crippen LogP) is 7.15. The number of hydrogen-bond acceptors (Lipinski definition) is 9. The molecule has 8 aromatic rings. The van der Waals surface area contributed by atoms with Crippen molar-refractivity contribution in [1.82, 2.24) is 39.9 Å². The molecule has 0 amide bonds. The van der Waals surface area contributed by atoms with Gasteiger partial charge in [-0.25, -0.2) is 14.6 Å². The van der Waals surface area contributed by atoms with Crippen LogP contribution in [0.4, 0.5) is 5.82 Å². The maximum Gasteiger partial charge on any atom is 0.295 e. The number of aryl methyl sites for hydroxylation is 2. The molecule has 0 aliphatic rings. The molecule has 1 atom stereocenters. The highest BCUT2D eigenvalue weighted by molar-refractivity contribution is 5.77. The molecule has 0 aliphatic heterocycles. The first-order valence-electron chi connectivity index (χ1n) is 17.6. The molecule has 4 heterocycles. The number of nitrogens with one attached hydrogen (secondary N) is 1. The van der Waals surface area contributed by atoms with Gasteiger partial charge in [0.1, 0.15) is 16.8 Å². The molecular formula is C42H37N9O2. The van der Waals surface area contributed by atoms with Gasteiger partial charge in [-0.1, -0.05) is 126 Å². The number of anilines is 1. The second-order valence-corrected chi connectivity index (χ2v) is 13.0. The van der Waals surface area contributed by atoms with Crippen LogP contribution in [0.2, 0.25) is 0 Å². The minimum absolute atomic E-state index is 0.214. The second kappa shape index (κ2) is 14.1. The van der Waals surface area contributed by atoms with Gasteiger partial charge < -0.3 is 9.84 Å². The van der Waals surface area contributed by atoms with E-state index < -0.39 is 5.54 Å². The van der Waals surface area contributed by atoms with E-state index in [1.807, 2.05) is 123 Å². The number of fused-ring (bicyclic) bond motifs is 1. The predicted molar refractivity (Wildman–Crippen MR) is 204 cm³/mol. The van der Waals surface area contributed by atoms with Gasteiger partial charge >= 0.3 is 0 Å². The Morgan fingerprint density at radius 2 is 1.34 bits per heavy atom. The summed E-state index contributed by atoms with van der Waals surface area (Å²) in [5.74, 6) is 1.51. The van der Waals surface area contributed by atoms with Crippen molar-refractivity contribution >= 4 is 17.0 Å². The average molecular weight is 700 g/mol. The second-order valence-electron chi connectivity index (χ2n) is 13.0. The van der Waals surface area contributed by atoms with E-state index in [1.165, 1.54) is 0 Å². The van der Waals surface area contributed by atoms with Crippen LogP contribution in [0.5, 0.6) is 0 Å². The molecular weight excluding hydrogens is 663 g/mol. The summed E-state index contributed by atoms with van der Waals surface area (Å²) in [6.07, 6.45) is 0.401. The topological polar surface area (TPSA) is 129 Å². The highest BCUT2D eigenvalue weighted by Gasteiger charge is 2.41. The summed E-state index contributed by atoms with van der Waals surface area (Å²) in [4.78, 5) is 24.2. The summed E-state index contributed by atoms with van der Waals surface area (Å²) in [5, 5.41) is 20.8. The Labute approximate surface area is 306 Å². The fourth-order valence-electron chi connectivity index (χ4n) is 7.25. The summed E-state index contributed by atoms with van der Waals surface area (Å²) >= 11 is 0. The molecule has 1 unspecified atom stereocenters. The third kappa shape index (κ3) is 5.95. The first kappa shape index (κ1) is 33.4. The van der Waals surface area contributed by atoms with Gasteiger partial charge in [0.25, 0.3) is 5.56 Å².